The predicted molar refractivity (Wildman–Crippen MR) is 127 cm³/mol. The molecule has 1 aliphatic carbocycles. The van der Waals surface area contributed by atoms with Gasteiger partial charge in [0.05, 0.1) is 30.0 Å². The first-order valence-electron chi connectivity index (χ1n) is 12.2. The minimum absolute atomic E-state index is 0.131. The maximum atomic E-state index is 14.4. The average molecular weight is 525 g/mol. The molecule has 202 valence electrons. The van der Waals surface area contributed by atoms with Crippen LogP contribution in [0.3, 0.4) is 0 Å². The molecule has 2 aromatic rings. The van der Waals surface area contributed by atoms with Gasteiger partial charge in [0.15, 0.2) is 0 Å². The number of carboxylic acids is 1. The van der Waals surface area contributed by atoms with E-state index in [0.717, 1.165) is 0 Å². The number of nitrogens with zero attached hydrogens (tertiary/aromatic N) is 6. The van der Waals surface area contributed by atoms with Crippen LogP contribution in [0.1, 0.15) is 44.0 Å². The Hall–Kier alpha value is -3.38. The minimum Gasteiger partial charge on any atom is -0.481 e. The number of aromatic nitrogens is 4. The van der Waals surface area contributed by atoms with Crippen molar-refractivity contribution in [2.24, 2.45) is 13.0 Å². The zero-order valence-corrected chi connectivity index (χ0v) is 21.0. The summed E-state index contributed by atoms with van der Waals surface area (Å²) in [6.45, 7) is 1.40. The fraction of sp³-hybridized carbons (Fsp3) is 0.625. The lowest BCUT2D eigenvalue weighted by Gasteiger charge is -2.39. The van der Waals surface area contributed by atoms with Crippen molar-refractivity contribution in [3.05, 3.63) is 23.5 Å². The first-order valence-corrected chi connectivity index (χ1v) is 12.2. The number of rotatable bonds is 8. The van der Waals surface area contributed by atoms with Gasteiger partial charge in [-0.2, -0.15) is 0 Å². The average Bonchev–Trinajstić information content (AvgIpc) is 3.18. The van der Waals surface area contributed by atoms with Gasteiger partial charge in [0, 0.05) is 33.1 Å². The van der Waals surface area contributed by atoms with Crippen molar-refractivity contribution in [2.45, 2.75) is 63.8 Å². The maximum absolute atomic E-state index is 14.4. The molecule has 0 spiro atoms. The number of aryl methyl sites for hydroxylation is 2. The molecule has 3 heterocycles. The minimum atomic E-state index is -3.01. The van der Waals surface area contributed by atoms with Crippen molar-refractivity contribution in [1.82, 2.24) is 24.9 Å². The van der Waals surface area contributed by atoms with Crippen LogP contribution >= 0.6 is 0 Å². The van der Waals surface area contributed by atoms with Gasteiger partial charge in [-0.05, 0) is 37.3 Å². The Morgan fingerprint density at radius 3 is 2.68 bits per heavy atom. The molecule has 1 N–H and O–H groups in total. The number of anilines is 1. The van der Waals surface area contributed by atoms with E-state index < -0.39 is 43.0 Å². The summed E-state index contributed by atoms with van der Waals surface area (Å²) < 4.78 is 48.9. The van der Waals surface area contributed by atoms with Crippen LogP contribution in [-0.4, -0.2) is 80.3 Å². The number of carboxylic acid groups (broad SMARTS) is 1. The summed E-state index contributed by atoms with van der Waals surface area (Å²) in [6.07, 6.45) is -1.24. The quantitative estimate of drug-likeness (QED) is 0.559. The number of hydrogen-bond acceptors (Lipinski definition) is 7. The summed E-state index contributed by atoms with van der Waals surface area (Å²) in [5, 5.41) is 17.3. The molecule has 1 saturated carbocycles. The van der Waals surface area contributed by atoms with Crippen LogP contribution < -0.4 is 4.90 Å². The number of aliphatic carboxylic acids is 1. The number of halogens is 3. The van der Waals surface area contributed by atoms with Gasteiger partial charge in [-0.3, -0.25) is 4.79 Å². The van der Waals surface area contributed by atoms with Crippen LogP contribution in [-0.2, 0) is 29.6 Å². The van der Waals surface area contributed by atoms with E-state index in [1.165, 1.54) is 14.5 Å². The Balaban J connectivity index is 1.52. The predicted octanol–water partition coefficient (Wildman–Crippen LogP) is 3.44. The van der Waals surface area contributed by atoms with Gasteiger partial charge < -0.3 is 19.6 Å². The molecule has 0 radical (unpaired) electrons. The molecule has 1 atom stereocenters. The number of pyridine rings is 1. The number of carbonyl (C=O) groups is 2. The summed E-state index contributed by atoms with van der Waals surface area (Å²) in [6, 6.07) is 3.14. The molecule has 1 saturated heterocycles. The van der Waals surface area contributed by atoms with Crippen LogP contribution in [0.25, 0.3) is 11.4 Å². The molecule has 10 nitrogen and oxygen atoms in total. The van der Waals surface area contributed by atoms with Gasteiger partial charge >= 0.3 is 12.1 Å². The summed E-state index contributed by atoms with van der Waals surface area (Å²) in [4.78, 5) is 31.1. The van der Waals surface area contributed by atoms with E-state index in [-0.39, 0.29) is 25.6 Å². The van der Waals surface area contributed by atoms with E-state index in [9.17, 15) is 22.8 Å². The molecular weight excluding hydrogens is 493 g/mol. The Labute approximate surface area is 212 Å². The summed E-state index contributed by atoms with van der Waals surface area (Å²) in [5.41, 5.74) is 2.40. The monoisotopic (exact) mass is 524 g/mol. The third kappa shape index (κ3) is 5.96. The lowest BCUT2D eigenvalue weighted by molar-refractivity contribution is -0.139. The van der Waals surface area contributed by atoms with Gasteiger partial charge in [-0.15, -0.1) is 5.10 Å². The lowest BCUT2D eigenvalue weighted by atomic mass is 9.90. The third-order valence-electron chi connectivity index (χ3n) is 6.99. The fourth-order valence-electron chi connectivity index (χ4n) is 4.90. The van der Waals surface area contributed by atoms with Gasteiger partial charge in [-0.1, -0.05) is 12.1 Å². The standard InChI is InChI=1S/C24H31F3N6O4/c1-4-17-19(33-11-14(7-21(34)35)10-24(26,27)13-33)6-5-18(28-17)22-20(32(3)30-29-22)12-37-23(36)31(2)16-8-15(25)9-16/h5-6,14-16H,4,7-13H2,1-3H3,(H,34,35). The summed E-state index contributed by atoms with van der Waals surface area (Å²) in [5.74, 6) is -4.80. The number of alkyl halides is 3. The Morgan fingerprint density at radius 2 is 2.03 bits per heavy atom. The molecule has 37 heavy (non-hydrogen) atoms. The van der Waals surface area contributed by atoms with E-state index >= 15 is 0 Å². The zero-order chi connectivity index (χ0) is 26.9. The van der Waals surface area contributed by atoms with Gasteiger partial charge in [-0.25, -0.2) is 27.6 Å². The van der Waals surface area contributed by atoms with Crippen LogP contribution in [0, 0.1) is 5.92 Å². The van der Waals surface area contributed by atoms with E-state index in [2.05, 4.69) is 15.3 Å². The van der Waals surface area contributed by atoms with Gasteiger partial charge in [0.2, 0.25) is 0 Å². The lowest BCUT2D eigenvalue weighted by Crippen LogP contribution is -2.48. The van der Waals surface area contributed by atoms with Crippen molar-refractivity contribution < 1.29 is 32.6 Å². The van der Waals surface area contributed by atoms with Crippen molar-refractivity contribution in [2.75, 3.05) is 25.0 Å². The van der Waals surface area contributed by atoms with Crippen molar-refractivity contribution in [1.29, 1.82) is 0 Å². The van der Waals surface area contributed by atoms with Crippen molar-refractivity contribution >= 4 is 17.7 Å². The highest BCUT2D eigenvalue weighted by Crippen LogP contribution is 2.36. The van der Waals surface area contributed by atoms with Crippen molar-refractivity contribution in [3.63, 3.8) is 0 Å². The highest BCUT2D eigenvalue weighted by Gasteiger charge is 2.41. The highest BCUT2D eigenvalue weighted by molar-refractivity contribution is 5.69. The topological polar surface area (TPSA) is 114 Å². The SMILES string of the molecule is CCc1nc(-c2nnn(C)c2COC(=O)N(C)C2CC(F)C2)ccc1N1CC(CC(=O)O)CC(F)(F)C1. The second-order valence-electron chi connectivity index (χ2n) is 9.82. The molecule has 0 aromatic carbocycles. The molecule has 0 bridgehead atoms. The molecule has 1 amide bonds. The number of carbonyl (C=O) groups excluding carboxylic acids is 1. The van der Waals surface area contributed by atoms with E-state index in [1.807, 2.05) is 6.92 Å². The van der Waals surface area contributed by atoms with Crippen molar-refractivity contribution in [3.8, 4) is 11.4 Å². The molecule has 13 heteroatoms. The van der Waals surface area contributed by atoms with Gasteiger partial charge in [0.1, 0.15) is 24.2 Å². The molecule has 1 unspecified atom stereocenters. The number of hydrogen-bond donors (Lipinski definition) is 1. The normalized spacial score (nSPS) is 22.9. The fourth-order valence-corrected chi connectivity index (χ4v) is 4.90. The molecule has 2 aromatic heterocycles. The molecule has 1 aliphatic heterocycles. The first kappa shape index (κ1) is 26.7. The van der Waals surface area contributed by atoms with E-state index in [4.69, 9.17) is 9.84 Å². The first-order chi connectivity index (χ1) is 17.5. The highest BCUT2D eigenvalue weighted by atomic mass is 19.3. The van der Waals surface area contributed by atoms with Crippen LogP contribution in [0.2, 0.25) is 0 Å². The number of ether oxygens (including phenoxy) is 1. The van der Waals surface area contributed by atoms with Gasteiger partial charge in [0.25, 0.3) is 5.92 Å². The Morgan fingerprint density at radius 1 is 1.30 bits per heavy atom. The van der Waals surface area contributed by atoms with Crippen LogP contribution in [0.5, 0.6) is 0 Å². The molecule has 2 fully saturated rings. The molecular formula is C24H31F3N6O4. The molecule has 4 rings (SSSR count). The second-order valence-corrected chi connectivity index (χ2v) is 9.82. The van der Waals surface area contributed by atoms with Crippen LogP contribution in [0.4, 0.5) is 23.7 Å². The second kappa shape index (κ2) is 10.5. The Bertz CT molecular complexity index is 1150. The number of amides is 1. The smallest absolute Gasteiger partial charge is 0.410 e. The maximum Gasteiger partial charge on any atom is 0.410 e. The number of piperidine rings is 1. The Kier molecular flexibility index (Phi) is 7.60. The zero-order valence-electron chi connectivity index (χ0n) is 21.0. The molecule has 2 aliphatic rings. The largest absolute Gasteiger partial charge is 0.481 e. The van der Waals surface area contributed by atoms with E-state index in [1.54, 1.807) is 26.2 Å². The summed E-state index contributed by atoms with van der Waals surface area (Å²) >= 11 is 0. The third-order valence-corrected chi connectivity index (χ3v) is 6.99. The van der Waals surface area contributed by atoms with Crippen LogP contribution in [0.15, 0.2) is 12.1 Å². The van der Waals surface area contributed by atoms with E-state index in [0.29, 0.717) is 47.7 Å². The summed E-state index contributed by atoms with van der Waals surface area (Å²) in [7, 11) is 3.22.